The first-order valence-electron chi connectivity index (χ1n) is 6.54. The lowest BCUT2D eigenvalue weighted by molar-refractivity contribution is -0.253. The average molecular weight is 366 g/mol. The first-order valence-corrected chi connectivity index (χ1v) is 6.92. The van der Waals surface area contributed by atoms with E-state index in [0.29, 0.717) is 5.69 Å². The zero-order valence-electron chi connectivity index (χ0n) is 12.5. The van der Waals surface area contributed by atoms with E-state index in [0.717, 1.165) is 16.8 Å². The highest BCUT2D eigenvalue weighted by molar-refractivity contribution is 6.33. The van der Waals surface area contributed by atoms with Crippen molar-refractivity contribution in [3.05, 3.63) is 45.8 Å². The van der Waals surface area contributed by atoms with Crippen LogP contribution in [0.5, 0.6) is 5.75 Å². The molecular formula is C14H12ClF4N3O2. The lowest BCUT2D eigenvalue weighted by Gasteiger charge is -2.18. The van der Waals surface area contributed by atoms with E-state index >= 15 is 0 Å². The predicted molar refractivity (Wildman–Crippen MR) is 80.8 cm³/mol. The Bertz CT molecular complexity index is 796. The average Bonchev–Trinajstić information content (AvgIpc) is 2.49. The van der Waals surface area contributed by atoms with E-state index in [2.05, 4.69) is 9.84 Å². The van der Waals surface area contributed by atoms with E-state index in [9.17, 15) is 22.4 Å². The molecule has 0 aliphatic rings. The molecule has 0 aliphatic carbocycles. The molecule has 0 spiro atoms. The van der Waals surface area contributed by atoms with Gasteiger partial charge in [-0.2, -0.15) is 27.3 Å². The van der Waals surface area contributed by atoms with Crippen molar-refractivity contribution in [3.8, 4) is 11.4 Å². The molecule has 5 nitrogen and oxygen atoms in total. The van der Waals surface area contributed by atoms with Crippen LogP contribution in [0.1, 0.15) is 0 Å². The third-order valence-electron chi connectivity index (χ3n) is 2.95. The van der Waals surface area contributed by atoms with Crippen LogP contribution in [0.3, 0.4) is 0 Å². The first kappa shape index (κ1) is 18.1. The largest absolute Gasteiger partial charge is 0.461 e. The Morgan fingerprint density at radius 3 is 2.58 bits per heavy atom. The van der Waals surface area contributed by atoms with Gasteiger partial charge in [-0.3, -0.25) is 4.79 Å². The van der Waals surface area contributed by atoms with Crippen LogP contribution in [0.4, 0.5) is 23.2 Å². The summed E-state index contributed by atoms with van der Waals surface area (Å²) in [5, 5.41) is 3.76. The molecule has 0 fully saturated rings. The standard InChI is InChI=1S/C14H12ClF4N3O2/c1-21(2)10-7-20-22(12(23)11(10)15)8-4-3-5-9(6-8)24-14(18,19)13(16)17/h3-7,13H,1-2H3. The Labute approximate surface area is 139 Å². The van der Waals surface area contributed by atoms with Crippen LogP contribution in [0.2, 0.25) is 5.02 Å². The molecule has 0 amide bonds. The van der Waals surface area contributed by atoms with Crippen LogP contribution >= 0.6 is 11.6 Å². The first-order chi connectivity index (χ1) is 11.1. The fourth-order valence-corrected chi connectivity index (χ4v) is 2.10. The summed E-state index contributed by atoms with van der Waals surface area (Å²) in [6.07, 6.45) is -7.33. The van der Waals surface area contributed by atoms with E-state index in [-0.39, 0.29) is 10.7 Å². The number of halogens is 5. The molecule has 0 atom stereocenters. The maximum absolute atomic E-state index is 13.0. The Balaban J connectivity index is 2.43. The summed E-state index contributed by atoms with van der Waals surface area (Å²) in [7, 11) is 3.32. The van der Waals surface area contributed by atoms with Crippen molar-refractivity contribution in [1.29, 1.82) is 0 Å². The van der Waals surface area contributed by atoms with Gasteiger partial charge >= 0.3 is 12.5 Å². The Morgan fingerprint density at radius 1 is 1.33 bits per heavy atom. The van der Waals surface area contributed by atoms with Crippen molar-refractivity contribution in [1.82, 2.24) is 9.78 Å². The molecule has 10 heteroatoms. The number of hydrogen-bond donors (Lipinski definition) is 0. The van der Waals surface area contributed by atoms with Gasteiger partial charge in [0, 0.05) is 20.2 Å². The molecule has 0 bridgehead atoms. The fourth-order valence-electron chi connectivity index (χ4n) is 1.80. The number of ether oxygens (including phenoxy) is 1. The normalized spacial score (nSPS) is 11.7. The van der Waals surface area contributed by atoms with Crippen LogP contribution in [-0.4, -0.2) is 36.4 Å². The highest BCUT2D eigenvalue weighted by atomic mass is 35.5. The molecule has 0 saturated heterocycles. The zero-order chi connectivity index (χ0) is 18.1. The van der Waals surface area contributed by atoms with Gasteiger partial charge in [-0.15, -0.1) is 0 Å². The van der Waals surface area contributed by atoms with Gasteiger partial charge in [-0.25, -0.2) is 0 Å². The van der Waals surface area contributed by atoms with E-state index < -0.39 is 23.8 Å². The van der Waals surface area contributed by atoms with Gasteiger partial charge in [0.05, 0.1) is 17.6 Å². The minimum Gasteiger partial charge on any atom is -0.428 e. The van der Waals surface area contributed by atoms with Gasteiger partial charge in [-0.05, 0) is 12.1 Å². The fraction of sp³-hybridized carbons (Fsp3) is 0.286. The van der Waals surface area contributed by atoms with Gasteiger partial charge < -0.3 is 9.64 Å². The van der Waals surface area contributed by atoms with Crippen LogP contribution in [0.25, 0.3) is 5.69 Å². The highest BCUT2D eigenvalue weighted by Crippen LogP contribution is 2.28. The van der Waals surface area contributed by atoms with Gasteiger partial charge in [0.15, 0.2) is 0 Å². The van der Waals surface area contributed by atoms with E-state index in [1.807, 2.05) is 0 Å². The summed E-state index contributed by atoms with van der Waals surface area (Å²) in [6, 6.07) is 4.67. The lowest BCUT2D eigenvalue weighted by Crippen LogP contribution is -2.33. The maximum atomic E-state index is 13.0. The van der Waals surface area contributed by atoms with Gasteiger partial charge in [-0.1, -0.05) is 17.7 Å². The summed E-state index contributed by atoms with van der Waals surface area (Å²) in [6.45, 7) is 0. The monoisotopic (exact) mass is 365 g/mol. The molecule has 24 heavy (non-hydrogen) atoms. The summed E-state index contributed by atoms with van der Waals surface area (Å²) in [5.41, 5.74) is -0.287. The van der Waals surface area contributed by atoms with Crippen molar-refractivity contribution in [2.75, 3.05) is 19.0 Å². The summed E-state index contributed by atoms with van der Waals surface area (Å²) in [5.74, 6) is -0.542. The molecule has 1 heterocycles. The third kappa shape index (κ3) is 3.61. The number of aromatic nitrogens is 2. The number of nitrogens with zero attached hydrogens (tertiary/aromatic N) is 3. The molecule has 130 valence electrons. The smallest absolute Gasteiger partial charge is 0.428 e. The van der Waals surface area contributed by atoms with Crippen molar-refractivity contribution < 1.29 is 22.3 Å². The zero-order valence-corrected chi connectivity index (χ0v) is 13.3. The predicted octanol–water partition coefficient (Wildman–Crippen LogP) is 3.19. The lowest BCUT2D eigenvalue weighted by atomic mass is 10.3. The molecular weight excluding hydrogens is 354 g/mol. The second-order valence-electron chi connectivity index (χ2n) is 4.92. The van der Waals surface area contributed by atoms with Crippen LogP contribution in [-0.2, 0) is 0 Å². The summed E-state index contributed by atoms with van der Waals surface area (Å²) in [4.78, 5) is 13.8. The molecule has 0 N–H and O–H groups in total. The molecule has 0 radical (unpaired) electrons. The molecule has 1 aromatic carbocycles. The van der Waals surface area contributed by atoms with Gasteiger partial charge in [0.25, 0.3) is 5.56 Å². The van der Waals surface area contributed by atoms with Crippen molar-refractivity contribution >= 4 is 17.3 Å². The van der Waals surface area contributed by atoms with E-state index in [4.69, 9.17) is 11.6 Å². The molecule has 2 rings (SSSR count). The van der Waals surface area contributed by atoms with Crippen molar-refractivity contribution in [2.45, 2.75) is 12.5 Å². The summed E-state index contributed by atoms with van der Waals surface area (Å²) < 4.78 is 55.2. The SMILES string of the molecule is CN(C)c1cnn(-c2cccc(OC(F)(F)C(F)F)c2)c(=O)c1Cl. The quantitative estimate of drug-likeness (QED) is 0.764. The third-order valence-corrected chi connectivity index (χ3v) is 3.31. The Kier molecular flexibility index (Phi) is 5.02. The number of alkyl halides is 4. The van der Waals surface area contributed by atoms with Crippen LogP contribution in [0, 0.1) is 0 Å². The molecule has 0 aliphatic heterocycles. The van der Waals surface area contributed by atoms with Gasteiger partial charge in [0.2, 0.25) is 0 Å². The summed E-state index contributed by atoms with van der Waals surface area (Å²) >= 11 is 5.97. The molecule has 1 aromatic heterocycles. The highest BCUT2D eigenvalue weighted by Gasteiger charge is 2.44. The second kappa shape index (κ2) is 6.68. The topological polar surface area (TPSA) is 47.4 Å². The molecule has 0 saturated carbocycles. The van der Waals surface area contributed by atoms with E-state index in [1.165, 1.54) is 18.3 Å². The Hall–Kier alpha value is -2.29. The van der Waals surface area contributed by atoms with Crippen molar-refractivity contribution in [3.63, 3.8) is 0 Å². The van der Waals surface area contributed by atoms with Crippen LogP contribution in [0.15, 0.2) is 35.3 Å². The second-order valence-corrected chi connectivity index (χ2v) is 5.30. The maximum Gasteiger partial charge on any atom is 0.461 e. The minimum absolute atomic E-state index is 0.0368. The number of anilines is 1. The number of hydrogen-bond acceptors (Lipinski definition) is 4. The molecule has 0 unspecified atom stereocenters. The number of benzene rings is 1. The Morgan fingerprint density at radius 2 is 2.00 bits per heavy atom. The van der Waals surface area contributed by atoms with E-state index in [1.54, 1.807) is 19.0 Å². The number of rotatable bonds is 5. The minimum atomic E-state index is -4.65. The van der Waals surface area contributed by atoms with Crippen LogP contribution < -0.4 is 15.2 Å². The van der Waals surface area contributed by atoms with Gasteiger partial charge in [0.1, 0.15) is 10.8 Å². The molecule has 2 aromatic rings. The van der Waals surface area contributed by atoms with Crippen molar-refractivity contribution in [2.24, 2.45) is 0 Å².